The quantitative estimate of drug-likeness (QED) is 0.0564. The third kappa shape index (κ3) is 98.0. The van der Waals surface area contributed by atoms with E-state index in [-0.39, 0.29) is 0 Å². The largest absolute Gasteiger partial charge is 0.0654 e. The molecule has 0 rings (SSSR count). The van der Waals surface area contributed by atoms with Crippen molar-refractivity contribution in [2.24, 2.45) is 69.5 Å². The molecule has 0 aromatic carbocycles. The minimum atomic E-state index is 0.477. The summed E-state index contributed by atoms with van der Waals surface area (Å²) in [5.74, 6) is 8.17. The molecule has 0 nitrogen and oxygen atoms in total. The Morgan fingerprint density at radius 3 is 0.795 bits per heavy atom. The molecule has 0 aliphatic carbocycles. The van der Waals surface area contributed by atoms with Crippen LogP contribution in [0.25, 0.3) is 0 Å². The molecule has 0 N–H and O–H groups in total. The number of hydrogen-bond donors (Lipinski definition) is 0. The lowest BCUT2D eigenvalue weighted by Gasteiger charge is -2.29. The zero-order chi connectivity index (χ0) is 58.3. The SMILES string of the molecule is CC(CCC(C)C(C)CC(C)(C)C)CC(C)(C)C.CCC(C)CC(C)(C)C.CCCC(C)C.CCCC(C)C.CCCC(C)CCC.CCCCC(C)CC.CCCCCCCCCC(C)CCCCCCC. The van der Waals surface area contributed by atoms with Gasteiger partial charge in [0, 0.05) is 0 Å². The smallest absolute Gasteiger partial charge is 0.0380 e. The lowest BCUT2D eigenvalue weighted by atomic mass is 9.77. The highest BCUT2D eigenvalue weighted by Crippen LogP contribution is 2.33. The highest BCUT2D eigenvalue weighted by atomic mass is 14.3. The van der Waals surface area contributed by atoms with Crippen molar-refractivity contribution in [1.29, 1.82) is 0 Å². The fourth-order valence-electron chi connectivity index (χ4n) is 10.1. The van der Waals surface area contributed by atoms with Crippen molar-refractivity contribution < 1.29 is 0 Å². The van der Waals surface area contributed by atoms with Crippen molar-refractivity contribution in [2.75, 3.05) is 0 Å². The first kappa shape index (κ1) is 86.9. The highest BCUT2D eigenvalue weighted by Gasteiger charge is 2.22. The van der Waals surface area contributed by atoms with E-state index in [4.69, 9.17) is 0 Å². The zero-order valence-electron chi connectivity index (χ0n) is 58.3. The number of hydrogen-bond acceptors (Lipinski definition) is 0. The standard InChI is InChI=1S/2C18H38.C9H20.2C8H18.2C6H14/c1-14(12-17(4,5)6)10-11-15(2)16(3)13-18(7,8)9;1-4-6-8-10-11-13-15-17-18(3)16-14-12-9-7-5-2;1-6-8(2)7-9(3,4)5;1-4-6-7-8(3)5-2;1-4-6-8(3)7-5-2;2*1-4-5-6(2)3/h14-16H,10-13H2,1-9H3;18H,4-17H2,1-3H3;8H,6-7H2,1-5H3;2*8H,4-7H2,1-3H3;2*6H,4-5H2,1-3H3. The van der Waals surface area contributed by atoms with Gasteiger partial charge in [0.2, 0.25) is 0 Å². The fraction of sp³-hybridized carbons (Fsp3) is 1.00. The molecule has 0 aliphatic rings. The summed E-state index contributed by atoms with van der Waals surface area (Å²) in [5, 5.41) is 0. The molecule has 0 saturated heterocycles. The maximum absolute atomic E-state index is 2.46. The second-order valence-electron chi connectivity index (χ2n) is 29.4. The second-order valence-corrected chi connectivity index (χ2v) is 29.4. The maximum Gasteiger partial charge on any atom is -0.0380 e. The first-order valence-corrected chi connectivity index (χ1v) is 33.8. The van der Waals surface area contributed by atoms with E-state index in [1.54, 1.807) is 0 Å². The molecular weight excluding hydrogens is 877 g/mol. The van der Waals surface area contributed by atoms with Crippen LogP contribution in [0.5, 0.6) is 0 Å². The molecule has 0 aromatic heterocycles. The normalized spacial score (nSPS) is 14.0. The molecule has 0 saturated carbocycles. The van der Waals surface area contributed by atoms with Gasteiger partial charge in [-0.3, -0.25) is 0 Å². The molecule has 0 heteroatoms. The summed E-state index contributed by atoms with van der Waals surface area (Å²) in [6.45, 7) is 67.1. The Morgan fingerprint density at radius 2 is 0.521 bits per heavy atom. The molecule has 0 bridgehead atoms. The predicted octanol–water partition coefficient (Wildman–Crippen LogP) is 28.5. The lowest BCUT2D eigenvalue weighted by Crippen LogP contribution is -2.18. The van der Waals surface area contributed by atoms with Crippen LogP contribution in [0.2, 0.25) is 0 Å². The summed E-state index contributed by atoms with van der Waals surface area (Å²) in [6.07, 6.45) is 44.9. The first-order valence-electron chi connectivity index (χ1n) is 33.8. The van der Waals surface area contributed by atoms with Gasteiger partial charge in [-0.15, -0.1) is 0 Å². The summed E-state index contributed by atoms with van der Waals surface area (Å²) in [7, 11) is 0. The van der Waals surface area contributed by atoms with E-state index in [1.807, 2.05) is 0 Å². The van der Waals surface area contributed by atoms with Crippen LogP contribution in [-0.4, -0.2) is 0 Å². The third-order valence-corrected chi connectivity index (χ3v) is 14.8. The molecule has 0 radical (unpaired) electrons. The van der Waals surface area contributed by atoms with Gasteiger partial charge < -0.3 is 0 Å². The van der Waals surface area contributed by atoms with Gasteiger partial charge in [0.05, 0.1) is 0 Å². The first-order chi connectivity index (χ1) is 33.8. The molecular formula is C73H160. The van der Waals surface area contributed by atoms with Crippen LogP contribution < -0.4 is 0 Å². The summed E-state index contributed by atoms with van der Waals surface area (Å²) in [4.78, 5) is 0. The van der Waals surface area contributed by atoms with E-state index in [0.717, 1.165) is 53.3 Å². The van der Waals surface area contributed by atoms with Crippen molar-refractivity contribution in [1.82, 2.24) is 0 Å². The van der Waals surface area contributed by atoms with E-state index in [2.05, 4.69) is 201 Å². The topological polar surface area (TPSA) is 0 Å². The van der Waals surface area contributed by atoms with Crippen LogP contribution in [0.4, 0.5) is 0 Å². The Bertz CT molecular complexity index is 917. The summed E-state index contributed by atoms with van der Waals surface area (Å²) in [6, 6.07) is 0. The summed E-state index contributed by atoms with van der Waals surface area (Å²) < 4.78 is 0. The lowest BCUT2D eigenvalue weighted by molar-refractivity contribution is 0.221. The van der Waals surface area contributed by atoms with Crippen LogP contribution in [0.1, 0.15) is 406 Å². The van der Waals surface area contributed by atoms with Gasteiger partial charge in [-0.25, -0.2) is 0 Å². The average Bonchev–Trinajstić information content (AvgIpc) is 3.26. The van der Waals surface area contributed by atoms with Crippen molar-refractivity contribution >= 4 is 0 Å². The zero-order valence-corrected chi connectivity index (χ0v) is 58.3. The van der Waals surface area contributed by atoms with Crippen molar-refractivity contribution in [3.63, 3.8) is 0 Å². The number of unbranched alkanes of at least 4 members (excludes halogenated alkanes) is 11. The molecule has 73 heavy (non-hydrogen) atoms. The summed E-state index contributed by atoms with van der Waals surface area (Å²) in [5.41, 5.74) is 1.49. The van der Waals surface area contributed by atoms with Crippen LogP contribution >= 0.6 is 0 Å². The molecule has 0 spiro atoms. The van der Waals surface area contributed by atoms with E-state index in [0.29, 0.717) is 16.2 Å². The fourth-order valence-corrected chi connectivity index (χ4v) is 10.1. The van der Waals surface area contributed by atoms with E-state index >= 15 is 0 Å². The predicted molar refractivity (Wildman–Crippen MR) is 351 cm³/mol. The number of rotatable bonds is 34. The van der Waals surface area contributed by atoms with Gasteiger partial charge in [0.25, 0.3) is 0 Å². The molecule has 6 unspecified atom stereocenters. The Balaban J connectivity index is -0.000000146. The van der Waals surface area contributed by atoms with E-state index in [9.17, 15) is 0 Å². The molecule has 0 aromatic rings. The maximum atomic E-state index is 2.46. The van der Waals surface area contributed by atoms with Crippen molar-refractivity contribution in [2.45, 2.75) is 406 Å². The summed E-state index contributed by atoms with van der Waals surface area (Å²) >= 11 is 0. The van der Waals surface area contributed by atoms with Gasteiger partial charge in [0.15, 0.2) is 0 Å². The highest BCUT2D eigenvalue weighted by molar-refractivity contribution is 4.73. The van der Waals surface area contributed by atoms with Crippen molar-refractivity contribution in [3.05, 3.63) is 0 Å². The third-order valence-electron chi connectivity index (χ3n) is 14.8. The Hall–Kier alpha value is 0. The van der Waals surface area contributed by atoms with Gasteiger partial charge in [-0.05, 0) is 88.8 Å². The second kappa shape index (κ2) is 61.2. The Labute approximate surface area is 473 Å². The average molecular weight is 1040 g/mol. The minimum absolute atomic E-state index is 0.477. The van der Waals surface area contributed by atoms with Crippen LogP contribution in [0, 0.1) is 69.5 Å². The molecule has 0 aliphatic heterocycles. The molecule has 0 amide bonds. The Kier molecular flexibility index (Phi) is 72.9. The van der Waals surface area contributed by atoms with Gasteiger partial charge >= 0.3 is 0 Å². The monoisotopic (exact) mass is 1040 g/mol. The van der Waals surface area contributed by atoms with Crippen LogP contribution in [0.3, 0.4) is 0 Å². The van der Waals surface area contributed by atoms with E-state index < -0.39 is 0 Å². The van der Waals surface area contributed by atoms with E-state index in [1.165, 1.54) is 205 Å². The van der Waals surface area contributed by atoms with Crippen LogP contribution in [0.15, 0.2) is 0 Å². The van der Waals surface area contributed by atoms with Crippen LogP contribution in [-0.2, 0) is 0 Å². The molecule has 6 atom stereocenters. The Morgan fingerprint density at radius 1 is 0.219 bits per heavy atom. The van der Waals surface area contributed by atoms with Gasteiger partial charge in [-0.2, -0.15) is 0 Å². The molecule has 0 fully saturated rings. The molecule has 452 valence electrons. The van der Waals surface area contributed by atoms with Gasteiger partial charge in [-0.1, -0.05) is 387 Å². The minimum Gasteiger partial charge on any atom is -0.0654 e. The van der Waals surface area contributed by atoms with Crippen molar-refractivity contribution in [3.8, 4) is 0 Å². The van der Waals surface area contributed by atoms with Gasteiger partial charge in [0.1, 0.15) is 0 Å². The molecule has 0 heterocycles.